The van der Waals surface area contributed by atoms with Gasteiger partial charge in [0.2, 0.25) is 15.8 Å². The van der Waals surface area contributed by atoms with E-state index in [1.807, 2.05) is 0 Å². The Morgan fingerprint density at radius 1 is 1.33 bits per heavy atom. The molecule has 127 valence electrons. The van der Waals surface area contributed by atoms with E-state index in [1.54, 1.807) is 25.6 Å². The van der Waals surface area contributed by atoms with Crippen molar-refractivity contribution in [3.05, 3.63) is 34.7 Å². The Morgan fingerprint density at radius 2 is 2.04 bits per heavy atom. The Kier molecular flexibility index (Phi) is 3.88. The second kappa shape index (κ2) is 5.64. The summed E-state index contributed by atoms with van der Waals surface area (Å²) in [7, 11) is -2.02. The van der Waals surface area contributed by atoms with Gasteiger partial charge in [0.1, 0.15) is 4.90 Å². The van der Waals surface area contributed by atoms with Gasteiger partial charge in [-0.15, -0.1) is 0 Å². The van der Waals surface area contributed by atoms with E-state index >= 15 is 0 Å². The van der Waals surface area contributed by atoms with Gasteiger partial charge < -0.3 is 5.73 Å². The molecule has 0 unspecified atom stereocenters. The average molecular weight is 349 g/mol. The molecule has 24 heavy (non-hydrogen) atoms. The predicted octanol–water partition coefficient (Wildman–Crippen LogP) is -0.527. The quantitative estimate of drug-likeness (QED) is 0.794. The molecule has 1 radical (unpaired) electrons. The summed E-state index contributed by atoms with van der Waals surface area (Å²) in [6.45, 7) is 3.72. The van der Waals surface area contributed by atoms with Crippen LogP contribution in [-0.4, -0.2) is 44.9 Å². The zero-order valence-corrected chi connectivity index (χ0v) is 14.4. The molecule has 0 aliphatic carbocycles. The SMILES string of the molecule is Cc1nn(C)c(C)c1S(=O)(=O)N1CCc2[c]nc(C(N)=O)nc2C1. The predicted molar refractivity (Wildman–Crippen MR) is 83.4 cm³/mol. The van der Waals surface area contributed by atoms with Crippen molar-refractivity contribution in [1.29, 1.82) is 0 Å². The largest absolute Gasteiger partial charge is 0.363 e. The highest BCUT2D eigenvalue weighted by atomic mass is 32.2. The van der Waals surface area contributed by atoms with Crippen molar-refractivity contribution < 1.29 is 13.2 Å². The van der Waals surface area contributed by atoms with E-state index in [2.05, 4.69) is 21.3 Å². The lowest BCUT2D eigenvalue weighted by atomic mass is 10.1. The molecule has 0 fully saturated rings. The van der Waals surface area contributed by atoms with Crippen LogP contribution in [-0.2, 0) is 30.0 Å². The first kappa shape index (κ1) is 16.5. The van der Waals surface area contributed by atoms with Crippen LogP contribution < -0.4 is 5.73 Å². The summed E-state index contributed by atoms with van der Waals surface area (Å²) in [5, 5.41) is 4.17. The number of carbonyl (C=O) groups is 1. The lowest BCUT2D eigenvalue weighted by Gasteiger charge is -2.27. The van der Waals surface area contributed by atoms with Crippen molar-refractivity contribution in [1.82, 2.24) is 24.1 Å². The molecule has 0 aromatic carbocycles. The fraction of sp³-hybridized carbons (Fsp3) is 0.429. The highest BCUT2D eigenvalue weighted by molar-refractivity contribution is 7.89. The molecule has 0 saturated heterocycles. The van der Waals surface area contributed by atoms with E-state index in [0.29, 0.717) is 35.6 Å². The van der Waals surface area contributed by atoms with Gasteiger partial charge in [0, 0.05) is 19.2 Å². The van der Waals surface area contributed by atoms with Crippen LogP contribution in [0, 0.1) is 20.0 Å². The first-order chi connectivity index (χ1) is 11.2. The highest BCUT2D eigenvalue weighted by Crippen LogP contribution is 2.27. The number of primary amides is 1. The number of aryl methyl sites for hydroxylation is 2. The minimum atomic E-state index is -3.72. The third kappa shape index (κ3) is 2.57. The van der Waals surface area contributed by atoms with Gasteiger partial charge in [0.25, 0.3) is 5.91 Å². The number of hydrogen-bond acceptors (Lipinski definition) is 6. The van der Waals surface area contributed by atoms with Crippen molar-refractivity contribution in [2.45, 2.75) is 31.7 Å². The van der Waals surface area contributed by atoms with Crippen LogP contribution in [0.2, 0.25) is 0 Å². The van der Waals surface area contributed by atoms with Crippen LogP contribution in [0.25, 0.3) is 0 Å². The molecule has 0 spiro atoms. The number of rotatable bonds is 3. The first-order valence-electron chi connectivity index (χ1n) is 7.29. The highest BCUT2D eigenvalue weighted by Gasteiger charge is 2.33. The maximum Gasteiger partial charge on any atom is 0.286 e. The molecule has 1 aliphatic rings. The Hall–Kier alpha value is -2.33. The Balaban J connectivity index is 2.00. The second-order valence-corrected chi connectivity index (χ2v) is 7.54. The maximum absolute atomic E-state index is 13.0. The topological polar surface area (TPSA) is 124 Å². The fourth-order valence-electron chi connectivity index (χ4n) is 2.79. The summed E-state index contributed by atoms with van der Waals surface area (Å²) in [5.41, 5.74) is 7.35. The first-order valence-corrected chi connectivity index (χ1v) is 8.73. The van der Waals surface area contributed by atoms with Gasteiger partial charge in [-0.2, -0.15) is 9.40 Å². The molecule has 10 heteroatoms. The molecule has 3 rings (SSSR count). The molecule has 2 aromatic rings. The van der Waals surface area contributed by atoms with Gasteiger partial charge in [-0.25, -0.2) is 18.4 Å². The van der Waals surface area contributed by atoms with E-state index in [0.717, 1.165) is 0 Å². The van der Waals surface area contributed by atoms with Crippen molar-refractivity contribution in [2.24, 2.45) is 12.8 Å². The normalized spacial score (nSPS) is 15.3. The van der Waals surface area contributed by atoms with Gasteiger partial charge in [-0.05, 0) is 20.3 Å². The molecule has 0 saturated carbocycles. The van der Waals surface area contributed by atoms with E-state index in [-0.39, 0.29) is 17.3 Å². The minimum Gasteiger partial charge on any atom is -0.363 e. The fourth-order valence-corrected chi connectivity index (χ4v) is 4.59. The number of nitrogens with zero attached hydrogens (tertiary/aromatic N) is 5. The van der Waals surface area contributed by atoms with Gasteiger partial charge in [-0.1, -0.05) is 0 Å². The summed E-state index contributed by atoms with van der Waals surface area (Å²) in [6.07, 6.45) is 3.15. The Labute approximate surface area is 139 Å². The smallest absolute Gasteiger partial charge is 0.286 e. The summed E-state index contributed by atoms with van der Waals surface area (Å²) in [5.74, 6) is -0.935. The summed E-state index contributed by atoms with van der Waals surface area (Å²) in [4.78, 5) is 19.3. The molecule has 0 bridgehead atoms. The summed E-state index contributed by atoms with van der Waals surface area (Å²) < 4.78 is 28.9. The van der Waals surface area contributed by atoms with Crippen molar-refractivity contribution in [2.75, 3.05) is 6.54 Å². The number of hydrogen-bond donors (Lipinski definition) is 1. The van der Waals surface area contributed by atoms with Crippen LogP contribution in [0.5, 0.6) is 0 Å². The summed E-state index contributed by atoms with van der Waals surface area (Å²) >= 11 is 0. The van der Waals surface area contributed by atoms with Crippen LogP contribution in [0.1, 0.15) is 33.3 Å². The number of amides is 1. The van der Waals surface area contributed by atoms with Crippen molar-refractivity contribution in [3.8, 4) is 0 Å². The zero-order chi connectivity index (χ0) is 17.6. The number of aromatic nitrogens is 4. The summed E-state index contributed by atoms with van der Waals surface area (Å²) in [6, 6.07) is 0. The molecule has 1 amide bonds. The monoisotopic (exact) mass is 349 g/mol. The molecule has 3 heterocycles. The lowest BCUT2D eigenvalue weighted by Crippen LogP contribution is -2.37. The van der Waals surface area contributed by atoms with E-state index < -0.39 is 15.9 Å². The van der Waals surface area contributed by atoms with Gasteiger partial charge >= 0.3 is 0 Å². The molecule has 2 N–H and O–H groups in total. The minimum absolute atomic E-state index is 0.0464. The van der Waals surface area contributed by atoms with Crippen LogP contribution in [0.3, 0.4) is 0 Å². The van der Waals surface area contributed by atoms with E-state index in [1.165, 1.54) is 4.31 Å². The molecular weight excluding hydrogens is 332 g/mol. The average Bonchev–Trinajstić information content (AvgIpc) is 2.79. The molecule has 1 aliphatic heterocycles. The third-order valence-electron chi connectivity index (χ3n) is 4.08. The Morgan fingerprint density at radius 3 is 2.62 bits per heavy atom. The molecular formula is C14H17N6O3S. The molecule has 9 nitrogen and oxygen atoms in total. The van der Waals surface area contributed by atoms with Gasteiger partial charge in [0.05, 0.1) is 29.8 Å². The number of fused-ring (bicyclic) bond motifs is 1. The standard InChI is InChI=1S/C14H17N6O3S/c1-8-12(9(2)19(3)18-8)24(22,23)20-5-4-10-6-16-14(13(15)21)17-11(10)7-20/h4-5,7H2,1-3H3,(H2,15,21). The molecule has 0 atom stereocenters. The number of carbonyl (C=O) groups excluding carboxylic acids is 1. The van der Waals surface area contributed by atoms with Crippen molar-refractivity contribution in [3.63, 3.8) is 0 Å². The van der Waals surface area contributed by atoms with Crippen LogP contribution in [0.4, 0.5) is 0 Å². The number of sulfonamides is 1. The second-order valence-electron chi connectivity index (χ2n) is 5.66. The van der Waals surface area contributed by atoms with Crippen LogP contribution in [0.15, 0.2) is 4.90 Å². The third-order valence-corrected chi connectivity index (χ3v) is 6.18. The van der Waals surface area contributed by atoms with E-state index in [4.69, 9.17) is 5.73 Å². The molecule has 2 aromatic heterocycles. The van der Waals surface area contributed by atoms with E-state index in [9.17, 15) is 13.2 Å². The van der Waals surface area contributed by atoms with Gasteiger partial charge in [0.15, 0.2) is 0 Å². The van der Waals surface area contributed by atoms with Crippen LogP contribution >= 0.6 is 0 Å². The Bertz CT molecular complexity index is 934. The van der Waals surface area contributed by atoms with Gasteiger partial charge in [-0.3, -0.25) is 9.48 Å². The maximum atomic E-state index is 13.0. The lowest BCUT2D eigenvalue weighted by molar-refractivity contribution is 0.0989. The van der Waals surface area contributed by atoms with Crippen molar-refractivity contribution >= 4 is 15.9 Å². The zero-order valence-electron chi connectivity index (χ0n) is 13.6. The number of nitrogens with two attached hydrogens (primary N) is 1.